The molecule has 0 aliphatic heterocycles. The summed E-state index contributed by atoms with van der Waals surface area (Å²) in [5.41, 5.74) is 8.05. The molecular weight excluding hydrogens is 336 g/mol. The fourth-order valence-electron chi connectivity index (χ4n) is 3.04. The molecule has 0 radical (unpaired) electrons. The van der Waals surface area contributed by atoms with Gasteiger partial charge in [0.15, 0.2) is 0 Å². The molecule has 0 spiro atoms. The van der Waals surface area contributed by atoms with Gasteiger partial charge in [-0.05, 0) is 63.4 Å². The van der Waals surface area contributed by atoms with E-state index in [1.54, 1.807) is 0 Å². The van der Waals surface area contributed by atoms with Crippen molar-refractivity contribution in [3.63, 3.8) is 0 Å². The maximum absolute atomic E-state index is 2.18. The minimum atomic E-state index is 1.33. The van der Waals surface area contributed by atoms with Gasteiger partial charge in [0.1, 0.15) is 0 Å². The van der Waals surface area contributed by atoms with Gasteiger partial charge in [-0.25, -0.2) is 0 Å². The van der Waals surface area contributed by atoms with E-state index >= 15 is 0 Å². The summed E-state index contributed by atoms with van der Waals surface area (Å²) in [6.07, 6.45) is 0. The third-order valence-corrected chi connectivity index (χ3v) is 4.75. The molecule has 4 aromatic carbocycles. The van der Waals surface area contributed by atoms with Crippen LogP contribution in [0.4, 0.5) is 0 Å². The van der Waals surface area contributed by atoms with Gasteiger partial charge < -0.3 is 0 Å². The van der Waals surface area contributed by atoms with E-state index < -0.39 is 0 Å². The second kappa shape index (κ2) is 10.5. The highest BCUT2D eigenvalue weighted by atomic mass is 14.0. The maximum atomic E-state index is 2.18. The van der Waals surface area contributed by atoms with Crippen LogP contribution >= 0.6 is 0 Å². The van der Waals surface area contributed by atoms with Crippen molar-refractivity contribution in [1.29, 1.82) is 0 Å². The zero-order valence-electron chi connectivity index (χ0n) is 18.1. The number of benzene rings is 4. The molecule has 144 valence electrons. The monoisotopic (exact) mass is 368 g/mol. The van der Waals surface area contributed by atoms with Crippen molar-refractivity contribution >= 4 is 10.8 Å². The second-order valence-corrected chi connectivity index (χ2v) is 7.56. The first-order valence-electron chi connectivity index (χ1n) is 9.88. The van der Waals surface area contributed by atoms with Crippen molar-refractivity contribution in [2.75, 3.05) is 0 Å². The Morgan fingerprint density at radius 3 is 1.07 bits per heavy atom. The van der Waals surface area contributed by atoms with E-state index in [1.165, 1.54) is 44.2 Å². The van der Waals surface area contributed by atoms with E-state index in [0.29, 0.717) is 0 Å². The molecule has 4 rings (SSSR count). The Balaban J connectivity index is 0.000000156. The van der Waals surface area contributed by atoms with Gasteiger partial charge in [-0.3, -0.25) is 0 Å². The van der Waals surface area contributed by atoms with Crippen molar-refractivity contribution in [3.05, 3.63) is 118 Å². The predicted octanol–water partition coefficient (Wildman–Crippen LogP) is 8.06. The van der Waals surface area contributed by atoms with Crippen LogP contribution in [0.2, 0.25) is 0 Å². The van der Waals surface area contributed by atoms with Gasteiger partial charge >= 0.3 is 0 Å². The molecule has 0 heteroatoms. The quantitative estimate of drug-likeness (QED) is 0.294. The third-order valence-electron chi connectivity index (χ3n) is 4.75. The molecule has 0 N–H and O–H groups in total. The Morgan fingerprint density at radius 2 is 0.750 bits per heavy atom. The van der Waals surface area contributed by atoms with E-state index in [-0.39, 0.29) is 0 Å². The molecular formula is C28H32. The summed E-state index contributed by atoms with van der Waals surface area (Å²) in [5, 5.41) is 2.75. The molecule has 0 aliphatic rings. The van der Waals surface area contributed by atoms with E-state index in [9.17, 15) is 0 Å². The smallest absolute Gasteiger partial charge is 0.0152 e. The van der Waals surface area contributed by atoms with E-state index in [1.807, 2.05) is 0 Å². The lowest BCUT2D eigenvalue weighted by Gasteiger charge is -2.03. The Kier molecular flexibility index (Phi) is 8.02. The van der Waals surface area contributed by atoms with Crippen molar-refractivity contribution < 1.29 is 0 Å². The van der Waals surface area contributed by atoms with Crippen LogP contribution in [0.5, 0.6) is 0 Å². The van der Waals surface area contributed by atoms with Crippen molar-refractivity contribution in [1.82, 2.24) is 0 Å². The maximum Gasteiger partial charge on any atom is -0.0152 e. The fourth-order valence-corrected chi connectivity index (χ4v) is 3.04. The zero-order valence-corrected chi connectivity index (χ0v) is 18.1. The normalized spacial score (nSPS) is 9.79. The largest absolute Gasteiger partial charge is 0.0617 e. The molecule has 0 saturated carbocycles. The van der Waals surface area contributed by atoms with Crippen LogP contribution in [0.1, 0.15) is 33.4 Å². The summed E-state index contributed by atoms with van der Waals surface area (Å²) in [4.78, 5) is 0. The summed E-state index contributed by atoms with van der Waals surface area (Å²) in [5.74, 6) is 0. The van der Waals surface area contributed by atoms with Crippen LogP contribution in [0.25, 0.3) is 10.8 Å². The van der Waals surface area contributed by atoms with Crippen LogP contribution < -0.4 is 0 Å². The summed E-state index contributed by atoms with van der Waals surface area (Å²) >= 11 is 0. The molecule has 0 nitrogen and oxygen atoms in total. The van der Waals surface area contributed by atoms with Gasteiger partial charge in [0.2, 0.25) is 0 Å². The molecule has 0 saturated heterocycles. The topological polar surface area (TPSA) is 0 Å². The summed E-state index contributed by atoms with van der Waals surface area (Å²) in [6, 6.07) is 29.8. The SMILES string of the molecule is Cc1ccc(C)c2ccccc12.Cc1ccc(C)cc1.Cc1cccc(C)c1. The average molecular weight is 369 g/mol. The first kappa shape index (κ1) is 21.4. The van der Waals surface area contributed by atoms with Crippen LogP contribution in [0.15, 0.2) is 84.9 Å². The lowest BCUT2D eigenvalue weighted by atomic mass is 10.0. The fraction of sp³-hybridized carbons (Fsp3) is 0.214. The van der Waals surface area contributed by atoms with Gasteiger partial charge in [-0.15, -0.1) is 0 Å². The molecule has 0 aromatic heterocycles. The van der Waals surface area contributed by atoms with E-state index in [4.69, 9.17) is 0 Å². The zero-order chi connectivity index (χ0) is 20.5. The minimum Gasteiger partial charge on any atom is -0.0617 e. The van der Waals surface area contributed by atoms with Crippen molar-refractivity contribution in [2.45, 2.75) is 41.5 Å². The van der Waals surface area contributed by atoms with Crippen LogP contribution in [-0.4, -0.2) is 0 Å². The van der Waals surface area contributed by atoms with E-state index in [0.717, 1.165) is 0 Å². The third kappa shape index (κ3) is 6.70. The molecule has 0 aliphatic carbocycles. The Hall–Kier alpha value is -2.86. The molecule has 4 aromatic rings. The summed E-state index contributed by atoms with van der Waals surface area (Å²) in [6.45, 7) is 12.7. The number of rotatable bonds is 0. The first-order valence-corrected chi connectivity index (χ1v) is 9.88. The Bertz CT molecular complexity index is 929. The molecule has 0 bridgehead atoms. The average Bonchev–Trinajstić information content (AvgIpc) is 2.68. The first-order chi connectivity index (χ1) is 13.4. The second-order valence-electron chi connectivity index (χ2n) is 7.56. The van der Waals surface area contributed by atoms with Gasteiger partial charge in [-0.2, -0.15) is 0 Å². The van der Waals surface area contributed by atoms with Crippen molar-refractivity contribution in [3.8, 4) is 0 Å². The minimum absolute atomic E-state index is 1.33. The standard InChI is InChI=1S/C12H12.2C8H10/c1-9-7-8-10(2)12-6-4-3-5-11(9)12;1-7-3-5-8(2)6-4-7;1-7-4-3-5-8(2)6-7/h3-8H,1-2H3;2*3-6H,1-2H3. The molecule has 0 unspecified atom stereocenters. The number of hydrogen-bond acceptors (Lipinski definition) is 0. The van der Waals surface area contributed by atoms with Gasteiger partial charge in [-0.1, -0.05) is 107 Å². The molecule has 0 heterocycles. The summed E-state index contributed by atoms with van der Waals surface area (Å²) < 4.78 is 0. The Labute approximate surface area is 170 Å². The number of fused-ring (bicyclic) bond motifs is 1. The molecule has 0 atom stereocenters. The molecule has 28 heavy (non-hydrogen) atoms. The van der Waals surface area contributed by atoms with Crippen LogP contribution in [-0.2, 0) is 0 Å². The van der Waals surface area contributed by atoms with E-state index in [2.05, 4.69) is 126 Å². The Morgan fingerprint density at radius 1 is 0.357 bits per heavy atom. The van der Waals surface area contributed by atoms with Crippen LogP contribution in [0.3, 0.4) is 0 Å². The van der Waals surface area contributed by atoms with Gasteiger partial charge in [0.25, 0.3) is 0 Å². The number of hydrogen-bond donors (Lipinski definition) is 0. The lowest BCUT2D eigenvalue weighted by molar-refractivity contribution is 1.39. The van der Waals surface area contributed by atoms with Gasteiger partial charge in [0.05, 0.1) is 0 Å². The summed E-state index contributed by atoms with van der Waals surface area (Å²) in [7, 11) is 0. The van der Waals surface area contributed by atoms with Crippen molar-refractivity contribution in [2.24, 2.45) is 0 Å². The lowest BCUT2D eigenvalue weighted by Crippen LogP contribution is -1.80. The highest BCUT2D eigenvalue weighted by Gasteiger charge is 1.97. The van der Waals surface area contributed by atoms with Crippen LogP contribution in [0, 0.1) is 41.5 Å². The van der Waals surface area contributed by atoms with Gasteiger partial charge in [0, 0.05) is 0 Å². The molecule has 0 fully saturated rings. The highest BCUT2D eigenvalue weighted by molar-refractivity contribution is 5.88. The number of aryl methyl sites for hydroxylation is 6. The molecule has 0 amide bonds. The predicted molar refractivity (Wildman–Crippen MR) is 125 cm³/mol. The highest BCUT2D eigenvalue weighted by Crippen LogP contribution is 2.21.